The molecule has 1 fully saturated rings. The molecule has 1 amide bonds. The van der Waals surface area contributed by atoms with Crippen molar-refractivity contribution in [1.29, 1.82) is 0 Å². The zero-order valence-corrected chi connectivity index (χ0v) is 14.4. The summed E-state index contributed by atoms with van der Waals surface area (Å²) in [6.45, 7) is 0.893. The summed E-state index contributed by atoms with van der Waals surface area (Å²) < 4.78 is 38.3. The van der Waals surface area contributed by atoms with Gasteiger partial charge < -0.3 is 10.2 Å². The van der Waals surface area contributed by atoms with Crippen LogP contribution in [0.3, 0.4) is 0 Å². The number of anilines is 2. The van der Waals surface area contributed by atoms with Crippen LogP contribution in [0, 0.1) is 5.92 Å². The van der Waals surface area contributed by atoms with E-state index in [9.17, 15) is 18.0 Å². The number of aromatic nitrogens is 2. The van der Waals surface area contributed by atoms with E-state index in [-0.39, 0.29) is 17.6 Å². The van der Waals surface area contributed by atoms with E-state index < -0.39 is 11.9 Å². The number of halogens is 4. The lowest BCUT2D eigenvalue weighted by Crippen LogP contribution is -2.38. The Balaban J connectivity index is 1.60. The van der Waals surface area contributed by atoms with Gasteiger partial charge in [-0.05, 0) is 31.0 Å². The van der Waals surface area contributed by atoms with Gasteiger partial charge in [0.15, 0.2) is 0 Å². The number of benzene rings is 1. The Morgan fingerprint density at radius 2 is 1.92 bits per heavy atom. The molecule has 0 aliphatic carbocycles. The maximum Gasteiger partial charge on any atom is 0.433 e. The van der Waals surface area contributed by atoms with Crippen LogP contribution in [-0.2, 0) is 11.0 Å². The summed E-state index contributed by atoms with van der Waals surface area (Å²) in [5, 5.41) is 3.35. The molecule has 9 heteroatoms. The van der Waals surface area contributed by atoms with E-state index in [0.717, 1.165) is 12.4 Å². The Kier molecular flexibility index (Phi) is 5.31. The number of nitrogens with zero attached hydrogens (tertiary/aromatic N) is 3. The van der Waals surface area contributed by atoms with Crippen LogP contribution in [0.1, 0.15) is 18.5 Å². The van der Waals surface area contributed by atoms with E-state index in [1.807, 2.05) is 0 Å². The van der Waals surface area contributed by atoms with Crippen molar-refractivity contribution in [3.63, 3.8) is 0 Å². The number of amides is 1. The smallest absolute Gasteiger partial charge is 0.356 e. The fraction of sp³-hybridized carbons (Fsp3) is 0.353. The average Bonchev–Trinajstić information content (AvgIpc) is 2.61. The van der Waals surface area contributed by atoms with Gasteiger partial charge in [0.2, 0.25) is 5.91 Å². The van der Waals surface area contributed by atoms with E-state index in [0.29, 0.717) is 36.6 Å². The number of carbonyl (C=O) groups is 1. The van der Waals surface area contributed by atoms with Gasteiger partial charge in [-0.2, -0.15) is 13.2 Å². The summed E-state index contributed by atoms with van der Waals surface area (Å²) in [6, 6.07) is 7.81. The summed E-state index contributed by atoms with van der Waals surface area (Å²) in [7, 11) is 0. The first-order valence-corrected chi connectivity index (χ1v) is 8.41. The Hall–Kier alpha value is -2.35. The molecule has 1 saturated heterocycles. The van der Waals surface area contributed by atoms with E-state index in [4.69, 9.17) is 11.6 Å². The molecule has 0 bridgehead atoms. The second-order valence-corrected chi connectivity index (χ2v) is 6.46. The van der Waals surface area contributed by atoms with Gasteiger partial charge in [-0.15, -0.1) is 0 Å². The monoisotopic (exact) mass is 384 g/mol. The number of hydrogen-bond acceptors (Lipinski definition) is 4. The van der Waals surface area contributed by atoms with Gasteiger partial charge >= 0.3 is 6.18 Å². The van der Waals surface area contributed by atoms with Crippen molar-refractivity contribution >= 4 is 29.0 Å². The predicted molar refractivity (Wildman–Crippen MR) is 92.1 cm³/mol. The third kappa shape index (κ3) is 4.43. The highest BCUT2D eigenvalue weighted by atomic mass is 35.5. The number of rotatable bonds is 3. The summed E-state index contributed by atoms with van der Waals surface area (Å²) in [5.74, 6) is -0.110. The van der Waals surface area contributed by atoms with Crippen molar-refractivity contribution in [2.24, 2.45) is 5.92 Å². The molecule has 0 atom stereocenters. The minimum absolute atomic E-state index is 0.120. The Morgan fingerprint density at radius 1 is 1.19 bits per heavy atom. The van der Waals surface area contributed by atoms with Crippen molar-refractivity contribution in [3.05, 3.63) is 47.4 Å². The van der Waals surface area contributed by atoms with Crippen molar-refractivity contribution in [3.8, 4) is 0 Å². The number of carbonyl (C=O) groups excluding carboxylic acids is 1. The van der Waals surface area contributed by atoms with Gasteiger partial charge in [0.25, 0.3) is 0 Å². The van der Waals surface area contributed by atoms with Gasteiger partial charge in [0.05, 0.1) is 0 Å². The minimum Gasteiger partial charge on any atom is -0.356 e. The lowest BCUT2D eigenvalue weighted by Gasteiger charge is -2.32. The highest BCUT2D eigenvalue weighted by Gasteiger charge is 2.34. The molecule has 0 saturated carbocycles. The van der Waals surface area contributed by atoms with Crippen molar-refractivity contribution in [2.45, 2.75) is 19.0 Å². The first-order valence-electron chi connectivity index (χ1n) is 8.03. The fourth-order valence-corrected chi connectivity index (χ4v) is 3.05. The Morgan fingerprint density at radius 3 is 2.58 bits per heavy atom. The summed E-state index contributed by atoms with van der Waals surface area (Å²) in [4.78, 5) is 21.3. The molecule has 0 spiro atoms. The molecule has 1 aliphatic rings. The average molecular weight is 385 g/mol. The zero-order valence-electron chi connectivity index (χ0n) is 13.6. The molecule has 138 valence electrons. The second-order valence-electron chi connectivity index (χ2n) is 6.02. The van der Waals surface area contributed by atoms with Crippen LogP contribution in [0.25, 0.3) is 0 Å². The third-order valence-electron chi connectivity index (χ3n) is 4.22. The molecule has 3 rings (SSSR count). The van der Waals surface area contributed by atoms with Crippen molar-refractivity contribution in [1.82, 2.24) is 9.97 Å². The van der Waals surface area contributed by atoms with Crippen LogP contribution >= 0.6 is 11.6 Å². The van der Waals surface area contributed by atoms with Crippen LogP contribution in [0.15, 0.2) is 36.7 Å². The molecule has 5 nitrogen and oxygen atoms in total. The quantitative estimate of drug-likeness (QED) is 0.868. The summed E-state index contributed by atoms with van der Waals surface area (Å²) in [6.07, 6.45) is -2.54. The molecule has 2 heterocycles. The van der Waals surface area contributed by atoms with Gasteiger partial charge in [0, 0.05) is 35.8 Å². The molecule has 26 heavy (non-hydrogen) atoms. The van der Waals surface area contributed by atoms with E-state index in [1.165, 1.54) is 0 Å². The molecule has 1 aliphatic heterocycles. The predicted octanol–water partition coefficient (Wildman–Crippen LogP) is 4.00. The van der Waals surface area contributed by atoms with Gasteiger partial charge in [-0.1, -0.05) is 17.7 Å². The van der Waals surface area contributed by atoms with E-state index >= 15 is 0 Å². The normalized spacial score (nSPS) is 15.8. The van der Waals surface area contributed by atoms with Crippen LogP contribution in [0.2, 0.25) is 5.02 Å². The molecule has 1 aromatic heterocycles. The molecule has 1 aromatic carbocycles. The molecule has 0 unspecified atom stereocenters. The fourth-order valence-electron chi connectivity index (χ4n) is 2.86. The zero-order chi connectivity index (χ0) is 18.7. The van der Waals surface area contributed by atoms with Crippen molar-refractivity contribution < 1.29 is 18.0 Å². The van der Waals surface area contributed by atoms with Crippen LogP contribution in [0.4, 0.5) is 24.7 Å². The van der Waals surface area contributed by atoms with E-state index in [1.54, 1.807) is 29.2 Å². The molecule has 0 radical (unpaired) electrons. The van der Waals surface area contributed by atoms with Gasteiger partial charge in [0.1, 0.15) is 17.8 Å². The third-order valence-corrected chi connectivity index (χ3v) is 4.46. The second kappa shape index (κ2) is 7.49. The molecular formula is C17H16ClF3N4O. The van der Waals surface area contributed by atoms with Crippen LogP contribution in [-0.4, -0.2) is 29.0 Å². The van der Waals surface area contributed by atoms with E-state index in [2.05, 4.69) is 15.3 Å². The maximum atomic E-state index is 12.8. The molecule has 1 N–H and O–H groups in total. The Bertz CT molecular complexity index is 792. The number of nitrogens with one attached hydrogen (secondary N) is 1. The minimum atomic E-state index is -4.51. The maximum absolute atomic E-state index is 12.8. The largest absolute Gasteiger partial charge is 0.433 e. The van der Waals surface area contributed by atoms with Crippen molar-refractivity contribution in [2.75, 3.05) is 23.3 Å². The Labute approximate surface area is 153 Å². The summed E-state index contributed by atoms with van der Waals surface area (Å²) >= 11 is 5.90. The van der Waals surface area contributed by atoms with Crippen LogP contribution < -0.4 is 10.2 Å². The topological polar surface area (TPSA) is 58.1 Å². The van der Waals surface area contributed by atoms with Gasteiger partial charge in [-0.3, -0.25) is 4.79 Å². The lowest BCUT2D eigenvalue weighted by atomic mass is 9.95. The number of piperidine rings is 1. The lowest BCUT2D eigenvalue weighted by molar-refractivity contribution is -0.141. The van der Waals surface area contributed by atoms with Gasteiger partial charge in [-0.25, -0.2) is 9.97 Å². The standard InChI is InChI=1S/C17H16ClF3N4O/c18-12-2-1-3-13(8-12)24-16(26)11-4-6-25(7-5-11)15-9-14(17(19,20)21)22-10-23-15/h1-3,8-11H,4-7H2,(H,24,26). The molecule has 2 aromatic rings. The first-order chi connectivity index (χ1) is 12.3. The SMILES string of the molecule is O=C(Nc1cccc(Cl)c1)C1CCN(c2cc(C(F)(F)F)ncn2)CC1. The number of hydrogen-bond donors (Lipinski definition) is 1. The number of alkyl halides is 3. The summed E-state index contributed by atoms with van der Waals surface area (Å²) in [5.41, 5.74) is -0.348. The van der Waals surface area contributed by atoms with Crippen LogP contribution in [0.5, 0.6) is 0 Å². The molecular weight excluding hydrogens is 369 g/mol. The highest BCUT2D eigenvalue weighted by molar-refractivity contribution is 6.30. The first kappa shape index (κ1) is 18.4. The highest BCUT2D eigenvalue weighted by Crippen LogP contribution is 2.30.